The van der Waals surface area contributed by atoms with E-state index in [1.54, 1.807) is 0 Å². The van der Waals surface area contributed by atoms with E-state index in [4.69, 9.17) is 5.73 Å². The van der Waals surface area contributed by atoms with Crippen LogP contribution in [0.5, 0.6) is 0 Å². The molecule has 0 fully saturated rings. The summed E-state index contributed by atoms with van der Waals surface area (Å²) < 4.78 is 1.11. The van der Waals surface area contributed by atoms with Gasteiger partial charge in [0.2, 0.25) is 0 Å². The monoisotopic (exact) mass is 326 g/mol. The van der Waals surface area contributed by atoms with Crippen LogP contribution in [0.3, 0.4) is 0 Å². The summed E-state index contributed by atoms with van der Waals surface area (Å²) in [6.45, 7) is 0. The SMILES string of the molecule is NC(Cc1ccccc1Br)c1ccnc2ccccc12. The maximum absolute atomic E-state index is 6.41. The van der Waals surface area contributed by atoms with E-state index in [-0.39, 0.29) is 6.04 Å². The number of fused-ring (bicyclic) bond motifs is 1. The van der Waals surface area contributed by atoms with Crippen LogP contribution in [-0.2, 0) is 6.42 Å². The molecule has 1 atom stereocenters. The Bertz CT molecular complexity index is 734. The minimum Gasteiger partial charge on any atom is -0.324 e. The van der Waals surface area contributed by atoms with Gasteiger partial charge in [-0.05, 0) is 35.7 Å². The smallest absolute Gasteiger partial charge is 0.0705 e. The quantitative estimate of drug-likeness (QED) is 0.781. The molecule has 0 aliphatic heterocycles. The number of rotatable bonds is 3. The number of hydrogen-bond donors (Lipinski definition) is 1. The molecule has 0 aliphatic carbocycles. The fourth-order valence-electron chi connectivity index (χ4n) is 2.45. The molecular formula is C17H15BrN2. The van der Waals surface area contributed by atoms with Crippen molar-refractivity contribution in [2.75, 3.05) is 0 Å². The van der Waals surface area contributed by atoms with Gasteiger partial charge in [-0.3, -0.25) is 4.98 Å². The average molecular weight is 327 g/mol. The second-order valence-corrected chi connectivity index (χ2v) is 5.67. The van der Waals surface area contributed by atoms with Crippen LogP contribution in [0, 0.1) is 0 Å². The van der Waals surface area contributed by atoms with Crippen LogP contribution in [-0.4, -0.2) is 4.98 Å². The van der Waals surface area contributed by atoms with Gasteiger partial charge in [0, 0.05) is 22.1 Å². The summed E-state index contributed by atoms with van der Waals surface area (Å²) in [7, 11) is 0. The van der Waals surface area contributed by atoms with Crippen molar-refractivity contribution in [2.45, 2.75) is 12.5 Å². The fraction of sp³-hybridized carbons (Fsp3) is 0.118. The van der Waals surface area contributed by atoms with Crippen LogP contribution >= 0.6 is 15.9 Å². The van der Waals surface area contributed by atoms with Gasteiger partial charge < -0.3 is 5.73 Å². The molecule has 3 heteroatoms. The summed E-state index contributed by atoms with van der Waals surface area (Å²) in [4.78, 5) is 4.38. The topological polar surface area (TPSA) is 38.9 Å². The van der Waals surface area contributed by atoms with Crippen LogP contribution in [0.25, 0.3) is 10.9 Å². The van der Waals surface area contributed by atoms with Crippen molar-refractivity contribution in [3.05, 3.63) is 76.4 Å². The van der Waals surface area contributed by atoms with Crippen molar-refractivity contribution in [3.63, 3.8) is 0 Å². The fourth-order valence-corrected chi connectivity index (χ4v) is 2.90. The first-order valence-corrected chi connectivity index (χ1v) is 7.37. The largest absolute Gasteiger partial charge is 0.324 e. The van der Waals surface area contributed by atoms with Gasteiger partial charge in [-0.15, -0.1) is 0 Å². The Balaban J connectivity index is 1.97. The third-order valence-electron chi connectivity index (χ3n) is 3.48. The first kappa shape index (κ1) is 13.3. The van der Waals surface area contributed by atoms with E-state index in [9.17, 15) is 0 Å². The van der Waals surface area contributed by atoms with Gasteiger partial charge in [0.1, 0.15) is 0 Å². The highest BCUT2D eigenvalue weighted by molar-refractivity contribution is 9.10. The third kappa shape index (κ3) is 2.60. The Kier molecular flexibility index (Phi) is 3.81. The zero-order valence-electron chi connectivity index (χ0n) is 11.0. The Morgan fingerprint density at radius 2 is 1.75 bits per heavy atom. The molecular weight excluding hydrogens is 312 g/mol. The Morgan fingerprint density at radius 1 is 1.00 bits per heavy atom. The predicted octanol–water partition coefficient (Wildman–Crippen LogP) is 4.24. The summed E-state index contributed by atoms with van der Waals surface area (Å²) in [6, 6.07) is 18.3. The van der Waals surface area contributed by atoms with Crippen molar-refractivity contribution in [1.82, 2.24) is 4.98 Å². The highest BCUT2D eigenvalue weighted by Gasteiger charge is 2.12. The highest BCUT2D eigenvalue weighted by atomic mass is 79.9. The molecule has 1 heterocycles. The number of para-hydroxylation sites is 1. The Labute approximate surface area is 126 Å². The summed E-state index contributed by atoms with van der Waals surface area (Å²) in [5.74, 6) is 0. The lowest BCUT2D eigenvalue weighted by Crippen LogP contribution is -2.14. The second-order valence-electron chi connectivity index (χ2n) is 4.82. The molecule has 0 aliphatic rings. The van der Waals surface area contributed by atoms with E-state index in [1.165, 1.54) is 5.56 Å². The van der Waals surface area contributed by atoms with Gasteiger partial charge in [-0.25, -0.2) is 0 Å². The highest BCUT2D eigenvalue weighted by Crippen LogP contribution is 2.26. The second kappa shape index (κ2) is 5.73. The van der Waals surface area contributed by atoms with Crippen molar-refractivity contribution >= 4 is 26.8 Å². The van der Waals surface area contributed by atoms with E-state index in [2.05, 4.69) is 33.0 Å². The van der Waals surface area contributed by atoms with Crippen LogP contribution in [0.15, 0.2) is 65.3 Å². The summed E-state index contributed by atoms with van der Waals surface area (Å²) in [5.41, 5.74) is 9.77. The Hall–Kier alpha value is -1.71. The molecule has 3 aromatic rings. The molecule has 0 bridgehead atoms. The minimum atomic E-state index is -0.0402. The van der Waals surface area contributed by atoms with Crippen molar-refractivity contribution in [2.24, 2.45) is 5.73 Å². The van der Waals surface area contributed by atoms with E-state index in [0.717, 1.165) is 27.4 Å². The van der Waals surface area contributed by atoms with Crippen molar-refractivity contribution < 1.29 is 0 Å². The first-order valence-electron chi connectivity index (χ1n) is 6.58. The van der Waals surface area contributed by atoms with Crippen molar-refractivity contribution in [1.29, 1.82) is 0 Å². The number of halogens is 1. The summed E-state index contributed by atoms with van der Waals surface area (Å²) >= 11 is 3.58. The molecule has 1 unspecified atom stereocenters. The number of hydrogen-bond acceptors (Lipinski definition) is 2. The van der Waals surface area contributed by atoms with Crippen LogP contribution in [0.2, 0.25) is 0 Å². The van der Waals surface area contributed by atoms with Gasteiger partial charge in [-0.2, -0.15) is 0 Å². The Morgan fingerprint density at radius 3 is 2.60 bits per heavy atom. The number of nitrogens with two attached hydrogens (primary N) is 1. The summed E-state index contributed by atoms with van der Waals surface area (Å²) in [5, 5.41) is 1.13. The van der Waals surface area contributed by atoms with E-state index >= 15 is 0 Å². The summed E-state index contributed by atoms with van der Waals surface area (Å²) in [6.07, 6.45) is 2.63. The van der Waals surface area contributed by atoms with Gasteiger partial charge >= 0.3 is 0 Å². The number of aromatic nitrogens is 1. The predicted molar refractivity (Wildman–Crippen MR) is 86.5 cm³/mol. The van der Waals surface area contributed by atoms with Gasteiger partial charge in [-0.1, -0.05) is 52.3 Å². The number of benzene rings is 2. The molecule has 0 spiro atoms. The van der Waals surface area contributed by atoms with Gasteiger partial charge in [0.15, 0.2) is 0 Å². The molecule has 2 aromatic carbocycles. The molecule has 0 amide bonds. The lowest BCUT2D eigenvalue weighted by atomic mass is 9.97. The zero-order valence-corrected chi connectivity index (χ0v) is 12.5. The number of nitrogens with zero attached hydrogens (tertiary/aromatic N) is 1. The van der Waals surface area contributed by atoms with Crippen molar-refractivity contribution in [3.8, 4) is 0 Å². The van der Waals surface area contributed by atoms with E-state index in [1.807, 2.05) is 48.7 Å². The lowest BCUT2D eigenvalue weighted by Gasteiger charge is -2.15. The molecule has 3 rings (SSSR count). The van der Waals surface area contributed by atoms with Gasteiger partial charge in [0.25, 0.3) is 0 Å². The van der Waals surface area contributed by atoms with Gasteiger partial charge in [0.05, 0.1) is 5.52 Å². The lowest BCUT2D eigenvalue weighted by molar-refractivity contribution is 0.725. The molecule has 1 aromatic heterocycles. The molecule has 100 valence electrons. The van der Waals surface area contributed by atoms with Crippen LogP contribution < -0.4 is 5.73 Å². The minimum absolute atomic E-state index is 0.0402. The number of pyridine rings is 1. The molecule has 0 radical (unpaired) electrons. The molecule has 2 N–H and O–H groups in total. The van der Waals surface area contributed by atoms with Crippen LogP contribution in [0.4, 0.5) is 0 Å². The molecule has 0 saturated carbocycles. The first-order chi connectivity index (χ1) is 9.75. The standard InChI is InChI=1S/C17H15BrN2/c18-15-7-3-1-5-12(15)11-16(19)13-9-10-20-17-8-4-2-6-14(13)17/h1-10,16H,11,19H2. The molecule has 20 heavy (non-hydrogen) atoms. The maximum atomic E-state index is 6.41. The molecule has 2 nitrogen and oxygen atoms in total. The third-order valence-corrected chi connectivity index (χ3v) is 4.25. The van der Waals surface area contributed by atoms with E-state index < -0.39 is 0 Å². The average Bonchev–Trinajstić information content (AvgIpc) is 2.49. The maximum Gasteiger partial charge on any atom is 0.0705 e. The zero-order chi connectivity index (χ0) is 13.9. The molecule has 0 saturated heterocycles. The normalized spacial score (nSPS) is 12.5. The van der Waals surface area contributed by atoms with Crippen LogP contribution in [0.1, 0.15) is 17.2 Å². The van der Waals surface area contributed by atoms with E-state index in [0.29, 0.717) is 0 Å².